The van der Waals surface area contributed by atoms with Gasteiger partial charge in [0.25, 0.3) is 5.41 Å². The quantitative estimate of drug-likeness (QED) is 0.264. The van der Waals surface area contributed by atoms with E-state index in [1.165, 1.54) is 0 Å². The predicted octanol–water partition coefficient (Wildman–Crippen LogP) is 1.45. The lowest BCUT2D eigenvalue weighted by atomic mass is 10.6. The van der Waals surface area contributed by atoms with Crippen LogP contribution in [0.15, 0.2) is 0 Å². The van der Waals surface area contributed by atoms with E-state index in [-0.39, 0.29) is 33.0 Å². The molecular weight excluding hydrogens is 347 g/mol. The molecule has 0 atom stereocenters. The van der Waals surface area contributed by atoms with Gasteiger partial charge in [0, 0.05) is 33.0 Å². The summed E-state index contributed by atoms with van der Waals surface area (Å²) in [6.45, 7) is 9.26. The van der Waals surface area contributed by atoms with Crippen LogP contribution < -0.4 is 0 Å². The van der Waals surface area contributed by atoms with E-state index in [1.807, 2.05) is 0 Å². The molecule has 0 unspecified atom stereocenters. The van der Waals surface area contributed by atoms with Crippen LogP contribution in [0.25, 0.3) is 0 Å². The van der Waals surface area contributed by atoms with Gasteiger partial charge in [0.1, 0.15) is 6.61 Å². The Hall–Kier alpha value is 0.127. The van der Waals surface area contributed by atoms with Crippen LogP contribution in [-0.4, -0.2) is 63.6 Å². The predicted molar refractivity (Wildman–Crippen MR) is 84.6 cm³/mol. The third-order valence-electron chi connectivity index (χ3n) is 2.65. The number of rotatable bonds is 14. The normalized spacial score (nSPS) is 13.5. The molecule has 0 rings (SSSR count). The van der Waals surface area contributed by atoms with Crippen molar-refractivity contribution in [3.63, 3.8) is 0 Å². The van der Waals surface area contributed by atoms with E-state index < -0.39 is 28.6 Å². The summed E-state index contributed by atoms with van der Waals surface area (Å²) >= 11 is 0. The van der Waals surface area contributed by atoms with Gasteiger partial charge < -0.3 is 32.5 Å². The molecule has 0 saturated heterocycles. The van der Waals surface area contributed by atoms with Crippen LogP contribution in [0.1, 0.15) is 34.6 Å². The highest BCUT2D eigenvalue weighted by Gasteiger charge is 2.65. The van der Waals surface area contributed by atoms with Gasteiger partial charge >= 0.3 is 16.6 Å². The molecule has 9 nitrogen and oxygen atoms in total. The summed E-state index contributed by atoms with van der Waals surface area (Å²) in [5.41, 5.74) is -1.67. The molecule has 0 amide bonds. The number of phosphoric ester groups is 1. The Morgan fingerprint density at radius 1 is 0.826 bits per heavy atom. The highest BCUT2D eigenvalue weighted by Crippen LogP contribution is 2.40. The Balaban J connectivity index is 5.87. The van der Waals surface area contributed by atoms with E-state index in [4.69, 9.17) is 32.5 Å². The molecule has 0 aromatic carbocycles. The van der Waals surface area contributed by atoms with Gasteiger partial charge in [-0.1, -0.05) is 0 Å². The van der Waals surface area contributed by atoms with E-state index in [1.54, 1.807) is 34.6 Å². The minimum absolute atomic E-state index is 0.187. The van der Waals surface area contributed by atoms with E-state index in [9.17, 15) is 4.57 Å². The van der Waals surface area contributed by atoms with Gasteiger partial charge in [-0.15, -0.1) is 0 Å². The second-order valence-electron chi connectivity index (χ2n) is 4.24. The van der Waals surface area contributed by atoms with Crippen LogP contribution >= 0.6 is 7.82 Å². The van der Waals surface area contributed by atoms with E-state index in [0.29, 0.717) is 0 Å². The van der Waals surface area contributed by atoms with Crippen LogP contribution in [0.3, 0.4) is 0 Å². The van der Waals surface area contributed by atoms with Crippen molar-refractivity contribution < 1.29 is 41.6 Å². The molecule has 140 valence electrons. The summed E-state index contributed by atoms with van der Waals surface area (Å²) in [5, 5.41) is 0. The van der Waals surface area contributed by atoms with E-state index in [2.05, 4.69) is 4.52 Å². The Kier molecular flexibility index (Phi) is 10.9. The maximum absolute atomic E-state index is 11.1. The molecule has 0 bridgehead atoms. The monoisotopic (exact) mass is 376 g/mol. The summed E-state index contributed by atoms with van der Waals surface area (Å²) < 4.78 is 44.4. The molecule has 0 aromatic rings. The molecule has 0 aromatic heterocycles. The topological polar surface area (TPSA) is 113 Å². The van der Waals surface area contributed by atoms with Gasteiger partial charge in [-0.25, -0.2) is 4.57 Å². The maximum Gasteiger partial charge on any atom is 0.566 e. The second kappa shape index (κ2) is 10.9. The molecule has 0 aliphatic carbocycles. The number of ether oxygens (including phenoxy) is 2. The summed E-state index contributed by atoms with van der Waals surface area (Å²) in [7, 11) is -8.37. The lowest BCUT2D eigenvalue weighted by Crippen LogP contribution is -2.70. The first-order valence-electron chi connectivity index (χ1n) is 7.66. The Labute approximate surface area is 138 Å². The zero-order valence-electron chi connectivity index (χ0n) is 14.4. The van der Waals surface area contributed by atoms with Crippen LogP contribution in [0.2, 0.25) is 0 Å². The van der Waals surface area contributed by atoms with Crippen molar-refractivity contribution in [2.75, 3.05) is 39.6 Å². The van der Waals surface area contributed by atoms with Gasteiger partial charge in [0.15, 0.2) is 0 Å². The van der Waals surface area contributed by atoms with E-state index >= 15 is 0 Å². The van der Waals surface area contributed by atoms with Crippen LogP contribution in [0, 0.1) is 0 Å². The number of hydrogen-bond acceptors (Lipinski definition) is 7. The smallest absolute Gasteiger partial charge is 0.371 e. The molecular formula is C12H29O9PSi. The van der Waals surface area contributed by atoms with E-state index in [0.717, 1.165) is 0 Å². The SMILES string of the molecule is CCOC(COP(=O)(O)O)(OCC)[Si](OCC)(OCC)OCC. The molecule has 23 heavy (non-hydrogen) atoms. The van der Waals surface area contributed by atoms with Crippen LogP contribution in [-0.2, 0) is 31.8 Å². The van der Waals surface area contributed by atoms with Crippen molar-refractivity contribution >= 4 is 16.6 Å². The summed E-state index contributed by atoms with van der Waals surface area (Å²) in [6.07, 6.45) is 0. The van der Waals surface area contributed by atoms with Gasteiger partial charge in [0.05, 0.1) is 0 Å². The maximum atomic E-state index is 11.1. The first-order chi connectivity index (χ1) is 10.8. The fourth-order valence-electron chi connectivity index (χ4n) is 2.05. The highest BCUT2D eigenvalue weighted by molar-refractivity contribution is 7.46. The summed E-state index contributed by atoms with van der Waals surface area (Å²) in [5.74, 6) is 0. The molecule has 0 radical (unpaired) electrons. The average molecular weight is 376 g/mol. The standard InChI is InChI=1S/C12H29O9PSi/c1-6-16-12(17-7-2,11-18-22(13,14)15)23(19-8-3,20-9-4)21-10-5/h6-11H2,1-5H3,(H2,13,14,15). The lowest BCUT2D eigenvalue weighted by molar-refractivity contribution is -0.234. The summed E-state index contributed by atoms with van der Waals surface area (Å²) in [6, 6.07) is 0. The first kappa shape index (κ1) is 23.1. The average Bonchev–Trinajstić information content (AvgIpc) is 2.45. The van der Waals surface area contributed by atoms with Gasteiger partial charge in [0.2, 0.25) is 0 Å². The van der Waals surface area contributed by atoms with Crippen LogP contribution in [0.4, 0.5) is 0 Å². The Morgan fingerprint density at radius 2 is 1.22 bits per heavy atom. The lowest BCUT2D eigenvalue weighted by Gasteiger charge is -2.43. The Morgan fingerprint density at radius 3 is 1.48 bits per heavy atom. The highest BCUT2D eigenvalue weighted by atomic mass is 31.2. The molecule has 0 fully saturated rings. The minimum atomic E-state index is -4.74. The van der Waals surface area contributed by atoms with Gasteiger partial charge in [-0.3, -0.25) is 4.52 Å². The van der Waals surface area contributed by atoms with Crippen molar-refractivity contribution in [2.45, 2.75) is 40.0 Å². The van der Waals surface area contributed by atoms with Crippen LogP contribution in [0.5, 0.6) is 0 Å². The van der Waals surface area contributed by atoms with Crippen molar-refractivity contribution in [3.05, 3.63) is 0 Å². The third kappa shape index (κ3) is 6.87. The minimum Gasteiger partial charge on any atom is -0.371 e. The fraction of sp³-hybridized carbons (Fsp3) is 1.00. The number of hydrogen-bond donors (Lipinski definition) is 2. The van der Waals surface area contributed by atoms with Gasteiger partial charge in [-0.05, 0) is 34.6 Å². The van der Waals surface area contributed by atoms with Crippen molar-refractivity contribution in [3.8, 4) is 0 Å². The molecule has 11 heteroatoms. The molecule has 2 N–H and O–H groups in total. The first-order valence-corrected chi connectivity index (χ1v) is 10.9. The molecule has 0 heterocycles. The van der Waals surface area contributed by atoms with Crippen molar-refractivity contribution in [2.24, 2.45) is 0 Å². The fourth-order valence-corrected chi connectivity index (χ4v) is 5.45. The Bertz CT molecular complexity index is 339. The van der Waals surface area contributed by atoms with Crippen molar-refractivity contribution in [1.82, 2.24) is 0 Å². The van der Waals surface area contributed by atoms with Crippen molar-refractivity contribution in [1.29, 1.82) is 0 Å². The summed E-state index contributed by atoms with van der Waals surface area (Å²) in [4.78, 5) is 18.1. The number of phosphoric acid groups is 1. The van der Waals surface area contributed by atoms with Gasteiger partial charge in [-0.2, -0.15) is 0 Å². The third-order valence-corrected chi connectivity index (χ3v) is 6.48. The largest absolute Gasteiger partial charge is 0.566 e. The molecule has 0 saturated carbocycles. The molecule has 0 aliphatic rings. The molecule has 0 aliphatic heterocycles. The zero-order valence-corrected chi connectivity index (χ0v) is 16.3. The molecule has 0 spiro atoms. The zero-order chi connectivity index (χ0) is 18.0. The second-order valence-corrected chi connectivity index (χ2v) is 8.22.